The number of fused-ring (bicyclic) bond motifs is 5. The minimum absolute atomic E-state index is 0.0218. The lowest BCUT2D eigenvalue weighted by Crippen LogP contribution is -2.49. The van der Waals surface area contributed by atoms with E-state index in [1.807, 2.05) is 43.3 Å². The quantitative estimate of drug-likeness (QED) is 0.140. The fraction of sp³-hybridized carbons (Fsp3) is 0.262. The highest BCUT2D eigenvalue weighted by Gasteiger charge is 2.68. The summed E-state index contributed by atoms with van der Waals surface area (Å²) in [4.78, 5) is 61.8. The van der Waals surface area contributed by atoms with E-state index in [4.69, 9.17) is 16.7 Å². The zero-order chi connectivity index (χ0) is 38.0. The average molecular weight is 822 g/mol. The highest BCUT2D eigenvalue weighted by molar-refractivity contribution is 9.10. The maximum absolute atomic E-state index is 15.1. The number of hydrogen-bond donors (Lipinski definition) is 1. The molecule has 4 heterocycles. The Labute approximate surface area is 328 Å². The van der Waals surface area contributed by atoms with E-state index in [1.165, 1.54) is 9.80 Å². The fourth-order valence-electron chi connectivity index (χ4n) is 9.56. The Bertz CT molecular complexity index is 2540. The van der Waals surface area contributed by atoms with Crippen LogP contribution in [0, 0.1) is 36.0 Å². The van der Waals surface area contributed by atoms with Gasteiger partial charge in [-0.25, -0.2) is 4.90 Å². The number of thiophene rings is 1. The molecule has 2 aliphatic heterocycles. The van der Waals surface area contributed by atoms with E-state index in [0.717, 1.165) is 31.7 Å². The number of imide groups is 2. The summed E-state index contributed by atoms with van der Waals surface area (Å²) in [6, 6.07) is 19.7. The summed E-state index contributed by atoms with van der Waals surface area (Å²) in [7, 11) is 1.72. The predicted octanol–water partition coefficient (Wildman–Crippen LogP) is 8.81. The van der Waals surface area contributed by atoms with Gasteiger partial charge in [0.2, 0.25) is 23.6 Å². The van der Waals surface area contributed by atoms with Crippen LogP contribution >= 0.6 is 38.9 Å². The number of rotatable bonds is 5. The van der Waals surface area contributed by atoms with Gasteiger partial charge in [-0.2, -0.15) is 5.10 Å². The predicted molar refractivity (Wildman–Crippen MR) is 213 cm³/mol. The highest BCUT2D eigenvalue weighted by atomic mass is 79.9. The van der Waals surface area contributed by atoms with E-state index in [-0.39, 0.29) is 24.0 Å². The van der Waals surface area contributed by atoms with Gasteiger partial charge in [0.1, 0.15) is 17.3 Å². The molecular formula is C42H34BrClN4O5S. The maximum Gasteiger partial charge on any atom is 0.242 e. The minimum atomic E-state index is -1.33. The SMILES string of the molecule is C=Cc1ccc(N2C(=O)C3CC=C4C(CC5C(=O)N(c6cc(-c7sc8ccc(Cl)cc8c7C)nn6C)C(=O)C5(C)C4c4cc(Br)ccc4O)C3C2=O)cc1. The molecule has 272 valence electrons. The van der Waals surface area contributed by atoms with E-state index in [2.05, 4.69) is 22.5 Å². The molecule has 54 heavy (non-hydrogen) atoms. The molecule has 6 atom stereocenters. The number of nitrogens with zero attached hydrogens (tertiary/aromatic N) is 4. The smallest absolute Gasteiger partial charge is 0.242 e. The molecule has 3 fully saturated rings. The molecule has 4 aliphatic rings. The Hall–Kier alpha value is -4.84. The van der Waals surface area contributed by atoms with E-state index in [0.29, 0.717) is 38.7 Å². The number of halogens is 2. The molecule has 2 aromatic heterocycles. The van der Waals surface area contributed by atoms with Gasteiger partial charge in [-0.1, -0.05) is 64.0 Å². The third kappa shape index (κ3) is 4.84. The number of anilines is 2. The second-order valence-corrected chi connectivity index (χ2v) is 17.3. The summed E-state index contributed by atoms with van der Waals surface area (Å²) in [6.07, 6.45) is 4.16. The number of aryl methyl sites for hydroxylation is 2. The molecule has 0 spiro atoms. The largest absolute Gasteiger partial charge is 0.508 e. The number of allylic oxidation sites excluding steroid dienone is 2. The highest BCUT2D eigenvalue weighted by Crippen LogP contribution is 2.64. The van der Waals surface area contributed by atoms with Crippen LogP contribution in [0.2, 0.25) is 5.02 Å². The molecule has 4 amide bonds. The summed E-state index contributed by atoms with van der Waals surface area (Å²) in [6.45, 7) is 7.61. The lowest BCUT2D eigenvalue weighted by Gasteiger charge is -2.49. The number of carbonyl (C=O) groups excluding carboxylic acids is 4. The van der Waals surface area contributed by atoms with Crippen LogP contribution in [0.3, 0.4) is 0 Å². The lowest BCUT2D eigenvalue weighted by atomic mass is 9.51. The Morgan fingerprint density at radius 3 is 2.48 bits per heavy atom. The van der Waals surface area contributed by atoms with Gasteiger partial charge in [-0.15, -0.1) is 11.3 Å². The second kappa shape index (κ2) is 12.3. The number of carbonyl (C=O) groups is 4. The van der Waals surface area contributed by atoms with Gasteiger partial charge in [-0.05, 0) is 97.7 Å². The van der Waals surface area contributed by atoms with E-state index < -0.39 is 46.8 Å². The van der Waals surface area contributed by atoms with Crippen LogP contribution in [0.4, 0.5) is 11.5 Å². The molecule has 2 aliphatic carbocycles. The minimum Gasteiger partial charge on any atom is -0.508 e. The van der Waals surface area contributed by atoms with E-state index in [1.54, 1.807) is 72.5 Å². The van der Waals surface area contributed by atoms with Crippen LogP contribution in [0.15, 0.2) is 89.4 Å². The number of phenolic OH excluding ortho intramolecular Hbond substituents is 1. The van der Waals surface area contributed by atoms with Crippen molar-refractivity contribution in [3.63, 3.8) is 0 Å². The first-order chi connectivity index (χ1) is 25.8. The molecule has 12 heteroatoms. The van der Waals surface area contributed by atoms with Crippen LogP contribution in [0.5, 0.6) is 5.75 Å². The van der Waals surface area contributed by atoms with Crippen molar-refractivity contribution in [3.8, 4) is 16.3 Å². The third-order valence-electron chi connectivity index (χ3n) is 12.2. The van der Waals surface area contributed by atoms with Crippen molar-refractivity contribution >= 4 is 90.2 Å². The summed E-state index contributed by atoms with van der Waals surface area (Å²) in [5.74, 6) is -4.58. The number of phenols is 1. The first-order valence-corrected chi connectivity index (χ1v) is 19.7. The number of hydrogen-bond acceptors (Lipinski definition) is 7. The summed E-state index contributed by atoms with van der Waals surface area (Å²) in [5.41, 5.74) is 2.91. The molecule has 5 aromatic rings. The normalized spacial score (nSPS) is 26.3. The van der Waals surface area contributed by atoms with Crippen molar-refractivity contribution in [2.75, 3.05) is 9.80 Å². The fourth-order valence-corrected chi connectivity index (χ4v) is 11.3. The van der Waals surface area contributed by atoms with Crippen LogP contribution in [0.1, 0.15) is 42.4 Å². The topological polar surface area (TPSA) is 113 Å². The van der Waals surface area contributed by atoms with Crippen LogP contribution in [-0.4, -0.2) is 38.5 Å². The molecule has 3 aromatic carbocycles. The van der Waals surface area contributed by atoms with Gasteiger partial charge < -0.3 is 5.11 Å². The summed E-state index contributed by atoms with van der Waals surface area (Å²) >= 11 is 11.4. The van der Waals surface area contributed by atoms with Crippen LogP contribution in [0.25, 0.3) is 26.7 Å². The standard InChI is InChI=1S/C42H34BrClN4O5S/c1-5-21-6-10-24(11-7-21)47-38(50)26-13-12-25-28(35(26)40(47)52)18-30-39(51)48(41(53)42(30,3)36(25)29-16-22(43)8-14-32(29)49)34-19-31(45-46(34)4)37-20(2)27-17-23(44)9-15-33(27)54-37/h5-12,14-17,19,26,28,30,35-36,49H,1,13,18H2,2-4H3. The third-order valence-corrected chi connectivity index (χ3v) is 14.2. The van der Waals surface area contributed by atoms with Gasteiger partial charge in [0.25, 0.3) is 0 Å². The van der Waals surface area contributed by atoms with Crippen molar-refractivity contribution in [3.05, 3.63) is 111 Å². The van der Waals surface area contributed by atoms with Crippen LogP contribution < -0.4 is 9.80 Å². The zero-order valence-corrected chi connectivity index (χ0v) is 32.7. The summed E-state index contributed by atoms with van der Waals surface area (Å²) < 4.78 is 3.30. The van der Waals surface area contributed by atoms with Gasteiger partial charge >= 0.3 is 0 Å². The molecule has 0 radical (unpaired) electrons. The zero-order valence-electron chi connectivity index (χ0n) is 29.5. The van der Waals surface area contributed by atoms with Gasteiger partial charge in [0, 0.05) is 38.8 Å². The molecule has 9 rings (SSSR count). The molecular weight excluding hydrogens is 788 g/mol. The molecule has 0 bridgehead atoms. The number of amides is 4. The van der Waals surface area contributed by atoms with Crippen molar-refractivity contribution in [2.45, 2.75) is 32.6 Å². The Balaban J connectivity index is 1.15. The van der Waals surface area contributed by atoms with Gasteiger partial charge in [-0.3, -0.25) is 28.8 Å². The first-order valence-electron chi connectivity index (χ1n) is 17.7. The van der Waals surface area contributed by atoms with Crippen molar-refractivity contribution in [1.29, 1.82) is 0 Å². The molecule has 9 nitrogen and oxygen atoms in total. The van der Waals surface area contributed by atoms with E-state index in [9.17, 15) is 19.5 Å². The monoisotopic (exact) mass is 820 g/mol. The number of aromatic nitrogens is 2. The molecule has 6 unspecified atom stereocenters. The molecule has 2 saturated heterocycles. The van der Waals surface area contributed by atoms with Crippen molar-refractivity contribution < 1.29 is 24.3 Å². The first kappa shape index (κ1) is 34.9. The Kier molecular flexibility index (Phi) is 7.98. The lowest BCUT2D eigenvalue weighted by molar-refractivity contribution is -0.131. The number of aromatic hydroxyl groups is 1. The summed E-state index contributed by atoms with van der Waals surface area (Å²) in [5, 5.41) is 17.9. The van der Waals surface area contributed by atoms with Gasteiger partial charge in [0.05, 0.1) is 33.7 Å². The maximum atomic E-state index is 15.1. The Morgan fingerprint density at radius 1 is 0.981 bits per heavy atom. The second-order valence-electron chi connectivity index (χ2n) is 14.9. The van der Waals surface area contributed by atoms with E-state index >= 15 is 4.79 Å². The molecule has 1 N–H and O–H groups in total. The van der Waals surface area contributed by atoms with Crippen LogP contribution in [-0.2, 0) is 26.2 Å². The van der Waals surface area contributed by atoms with Crippen molar-refractivity contribution in [2.24, 2.45) is 36.1 Å². The average Bonchev–Trinajstić information content (AvgIpc) is 3.83. The van der Waals surface area contributed by atoms with Gasteiger partial charge in [0.15, 0.2) is 0 Å². The van der Waals surface area contributed by atoms with Crippen molar-refractivity contribution in [1.82, 2.24) is 9.78 Å². The number of benzene rings is 3. The molecule has 1 saturated carbocycles. The Morgan fingerprint density at radius 2 is 1.74 bits per heavy atom.